The summed E-state index contributed by atoms with van der Waals surface area (Å²) in [5, 5.41) is 3.52. The molecule has 0 bridgehead atoms. The van der Waals surface area contributed by atoms with Gasteiger partial charge >= 0.3 is 0 Å². The predicted octanol–water partition coefficient (Wildman–Crippen LogP) is 2.17. The molecule has 0 aliphatic heterocycles. The number of nitrogens with one attached hydrogen (secondary N) is 2. The van der Waals surface area contributed by atoms with Crippen LogP contribution in [0, 0.1) is 0 Å². The van der Waals surface area contributed by atoms with Gasteiger partial charge in [-0.2, -0.15) is 0 Å². The lowest BCUT2D eigenvalue weighted by atomic mass is 9.84. The zero-order chi connectivity index (χ0) is 13.7. The Balaban J connectivity index is 1.97. The van der Waals surface area contributed by atoms with Gasteiger partial charge in [0, 0.05) is 12.0 Å². The third-order valence-corrected chi connectivity index (χ3v) is 3.58. The summed E-state index contributed by atoms with van der Waals surface area (Å²) >= 11 is 0. The van der Waals surface area contributed by atoms with Gasteiger partial charge in [0.1, 0.15) is 0 Å². The van der Waals surface area contributed by atoms with Gasteiger partial charge in [0.05, 0.1) is 17.4 Å². The van der Waals surface area contributed by atoms with Crippen LogP contribution in [0.1, 0.15) is 32.3 Å². The molecule has 4 nitrogen and oxygen atoms in total. The first-order valence-corrected chi connectivity index (χ1v) is 6.98. The van der Waals surface area contributed by atoms with Crippen molar-refractivity contribution in [1.29, 1.82) is 0 Å². The minimum atomic E-state index is 0.113. The average molecular weight is 260 g/mol. The van der Waals surface area contributed by atoms with E-state index >= 15 is 0 Å². The summed E-state index contributed by atoms with van der Waals surface area (Å²) in [5.74, 6) is 0. The molecule has 0 unspecified atom stereocenters. The monoisotopic (exact) mass is 260 g/mol. The van der Waals surface area contributed by atoms with E-state index in [9.17, 15) is 0 Å². The molecule has 0 fully saturated rings. The number of nitrogens with two attached hydrogens (primary N) is 1. The second-order valence-corrected chi connectivity index (χ2v) is 5.69. The summed E-state index contributed by atoms with van der Waals surface area (Å²) in [6.07, 6.45) is 3.98. The molecule has 0 aliphatic carbocycles. The van der Waals surface area contributed by atoms with Gasteiger partial charge in [-0.05, 0) is 43.6 Å². The number of hydrogen-bond acceptors (Lipinski definition) is 3. The summed E-state index contributed by atoms with van der Waals surface area (Å²) < 4.78 is 0. The van der Waals surface area contributed by atoms with Crippen LogP contribution in [0.25, 0.3) is 11.0 Å². The molecule has 0 saturated carbocycles. The van der Waals surface area contributed by atoms with E-state index in [1.807, 2.05) is 0 Å². The van der Waals surface area contributed by atoms with Crippen LogP contribution in [0.2, 0.25) is 0 Å². The van der Waals surface area contributed by atoms with Crippen molar-refractivity contribution >= 4 is 11.0 Å². The van der Waals surface area contributed by atoms with Crippen molar-refractivity contribution in [2.24, 2.45) is 5.73 Å². The summed E-state index contributed by atoms with van der Waals surface area (Å²) in [4.78, 5) is 7.43. The van der Waals surface area contributed by atoms with Gasteiger partial charge in [-0.1, -0.05) is 19.9 Å². The van der Waals surface area contributed by atoms with E-state index in [2.05, 4.69) is 47.3 Å². The lowest BCUT2D eigenvalue weighted by Crippen LogP contribution is -2.33. The number of aromatic amines is 1. The summed E-state index contributed by atoms with van der Waals surface area (Å²) in [5.41, 5.74) is 9.06. The van der Waals surface area contributed by atoms with Gasteiger partial charge in [-0.3, -0.25) is 0 Å². The first-order chi connectivity index (χ1) is 9.13. The van der Waals surface area contributed by atoms with Crippen molar-refractivity contribution in [3.8, 4) is 0 Å². The molecular weight excluding hydrogens is 236 g/mol. The first kappa shape index (κ1) is 14.0. The Morgan fingerprint density at radius 3 is 2.95 bits per heavy atom. The van der Waals surface area contributed by atoms with Crippen LogP contribution in [-0.2, 0) is 5.41 Å². The number of fused-ring (bicyclic) bond motifs is 1. The van der Waals surface area contributed by atoms with Crippen LogP contribution in [0.15, 0.2) is 24.5 Å². The SMILES string of the molecule is CC(C)(CNCCCCN)c1ccc2nc[nH]c2c1. The molecule has 2 rings (SSSR count). The highest BCUT2D eigenvalue weighted by Gasteiger charge is 2.20. The number of rotatable bonds is 7. The number of benzene rings is 1. The topological polar surface area (TPSA) is 66.7 Å². The van der Waals surface area contributed by atoms with E-state index < -0.39 is 0 Å². The van der Waals surface area contributed by atoms with E-state index in [-0.39, 0.29) is 5.41 Å². The molecule has 1 heterocycles. The Hall–Kier alpha value is -1.39. The zero-order valence-corrected chi connectivity index (χ0v) is 11.9. The van der Waals surface area contributed by atoms with Crippen LogP contribution in [0.4, 0.5) is 0 Å². The van der Waals surface area contributed by atoms with Gasteiger partial charge in [-0.15, -0.1) is 0 Å². The van der Waals surface area contributed by atoms with E-state index in [1.54, 1.807) is 6.33 Å². The molecule has 0 saturated heterocycles. The van der Waals surface area contributed by atoms with Gasteiger partial charge in [0.15, 0.2) is 0 Å². The number of imidazole rings is 1. The summed E-state index contributed by atoms with van der Waals surface area (Å²) in [6, 6.07) is 6.45. The maximum atomic E-state index is 5.49. The summed E-state index contributed by atoms with van der Waals surface area (Å²) in [6.45, 7) is 7.31. The Kier molecular flexibility index (Phi) is 4.56. The number of aromatic nitrogens is 2. The Labute approximate surface area is 114 Å². The molecule has 0 amide bonds. The van der Waals surface area contributed by atoms with Crippen molar-refractivity contribution in [2.45, 2.75) is 32.1 Å². The molecule has 1 aromatic carbocycles. The van der Waals surface area contributed by atoms with Crippen LogP contribution in [-0.4, -0.2) is 29.6 Å². The van der Waals surface area contributed by atoms with Gasteiger partial charge in [0.2, 0.25) is 0 Å². The Morgan fingerprint density at radius 1 is 1.32 bits per heavy atom. The fourth-order valence-corrected chi connectivity index (χ4v) is 2.25. The van der Waals surface area contributed by atoms with Crippen LogP contribution < -0.4 is 11.1 Å². The number of H-pyrrole nitrogens is 1. The van der Waals surface area contributed by atoms with E-state index in [4.69, 9.17) is 5.73 Å². The molecule has 4 heteroatoms. The maximum Gasteiger partial charge on any atom is 0.0931 e. The van der Waals surface area contributed by atoms with E-state index in [0.717, 1.165) is 43.5 Å². The highest BCUT2D eigenvalue weighted by Crippen LogP contribution is 2.24. The predicted molar refractivity (Wildman–Crippen MR) is 80.3 cm³/mol. The van der Waals surface area contributed by atoms with Gasteiger partial charge in [0.25, 0.3) is 0 Å². The zero-order valence-electron chi connectivity index (χ0n) is 11.9. The fraction of sp³-hybridized carbons (Fsp3) is 0.533. The van der Waals surface area contributed by atoms with Crippen molar-refractivity contribution in [2.75, 3.05) is 19.6 Å². The highest BCUT2D eigenvalue weighted by atomic mass is 14.9. The minimum absolute atomic E-state index is 0.113. The van der Waals surface area contributed by atoms with Crippen molar-refractivity contribution in [3.63, 3.8) is 0 Å². The molecule has 1 aromatic heterocycles. The molecule has 104 valence electrons. The highest BCUT2D eigenvalue weighted by molar-refractivity contribution is 5.75. The Morgan fingerprint density at radius 2 is 2.16 bits per heavy atom. The molecule has 0 radical (unpaired) electrons. The lowest BCUT2D eigenvalue weighted by Gasteiger charge is -2.26. The molecule has 0 spiro atoms. The second kappa shape index (κ2) is 6.17. The second-order valence-electron chi connectivity index (χ2n) is 5.69. The molecule has 19 heavy (non-hydrogen) atoms. The van der Waals surface area contributed by atoms with Gasteiger partial charge in [-0.25, -0.2) is 4.98 Å². The number of unbranched alkanes of at least 4 members (excludes halogenated alkanes) is 1. The standard InChI is InChI=1S/C15H24N4/c1-15(2,10-17-8-4-3-7-16)12-5-6-13-14(9-12)19-11-18-13/h5-6,9,11,17H,3-4,7-8,10,16H2,1-2H3,(H,18,19). The minimum Gasteiger partial charge on any atom is -0.345 e. The van der Waals surface area contributed by atoms with E-state index in [1.165, 1.54) is 5.56 Å². The van der Waals surface area contributed by atoms with Crippen LogP contribution in [0.3, 0.4) is 0 Å². The average Bonchev–Trinajstić information content (AvgIpc) is 2.85. The number of hydrogen-bond donors (Lipinski definition) is 3. The smallest absolute Gasteiger partial charge is 0.0931 e. The first-order valence-electron chi connectivity index (χ1n) is 6.98. The van der Waals surface area contributed by atoms with Crippen molar-refractivity contribution in [3.05, 3.63) is 30.1 Å². The largest absolute Gasteiger partial charge is 0.345 e. The maximum absolute atomic E-state index is 5.49. The number of nitrogens with zero attached hydrogens (tertiary/aromatic N) is 1. The lowest BCUT2D eigenvalue weighted by molar-refractivity contribution is 0.464. The Bertz CT molecular complexity index is 516. The molecule has 0 atom stereocenters. The molecular formula is C15H24N4. The van der Waals surface area contributed by atoms with Crippen molar-refractivity contribution < 1.29 is 0 Å². The van der Waals surface area contributed by atoms with Crippen LogP contribution in [0.5, 0.6) is 0 Å². The fourth-order valence-electron chi connectivity index (χ4n) is 2.25. The third-order valence-electron chi connectivity index (χ3n) is 3.58. The van der Waals surface area contributed by atoms with Crippen LogP contribution >= 0.6 is 0 Å². The quantitative estimate of drug-likeness (QED) is 0.668. The molecule has 0 aliphatic rings. The van der Waals surface area contributed by atoms with E-state index in [0.29, 0.717) is 0 Å². The summed E-state index contributed by atoms with van der Waals surface area (Å²) in [7, 11) is 0. The normalized spacial score (nSPS) is 12.2. The van der Waals surface area contributed by atoms with Gasteiger partial charge < -0.3 is 16.0 Å². The molecule has 2 aromatic rings. The molecule has 4 N–H and O–H groups in total. The van der Waals surface area contributed by atoms with Crippen molar-refractivity contribution in [1.82, 2.24) is 15.3 Å². The third kappa shape index (κ3) is 3.55.